The van der Waals surface area contributed by atoms with Crippen LogP contribution in [-0.4, -0.2) is 36.1 Å². The van der Waals surface area contributed by atoms with Gasteiger partial charge in [-0.25, -0.2) is 0 Å². The quantitative estimate of drug-likeness (QED) is 0.721. The zero-order valence-electron chi connectivity index (χ0n) is 14.2. The second-order valence-corrected chi connectivity index (χ2v) is 7.45. The van der Waals surface area contributed by atoms with E-state index in [0.717, 1.165) is 30.0 Å². The molecule has 3 atom stereocenters. The summed E-state index contributed by atoms with van der Waals surface area (Å²) < 4.78 is 0. The van der Waals surface area contributed by atoms with E-state index in [9.17, 15) is 0 Å². The van der Waals surface area contributed by atoms with Crippen LogP contribution in [0.4, 0.5) is 0 Å². The summed E-state index contributed by atoms with van der Waals surface area (Å²) in [5.74, 6) is 1.75. The van der Waals surface area contributed by atoms with Crippen LogP contribution in [0.2, 0.25) is 0 Å². The molecule has 1 aliphatic carbocycles. The molecule has 0 aromatic heterocycles. The molecule has 0 aromatic rings. The Balaban J connectivity index is 2.02. The first-order chi connectivity index (χ1) is 9.67. The largest absolute Gasteiger partial charge is 0.311 e. The fraction of sp³-hybridized carbons (Fsp3) is 1.00. The Morgan fingerprint density at radius 1 is 1.10 bits per heavy atom. The summed E-state index contributed by atoms with van der Waals surface area (Å²) in [5.41, 5.74) is 0. The fourth-order valence-electron chi connectivity index (χ4n) is 3.92. The highest BCUT2D eigenvalue weighted by Crippen LogP contribution is 2.36. The highest BCUT2D eigenvalue weighted by atomic mass is 15.3. The van der Waals surface area contributed by atoms with Gasteiger partial charge in [0.1, 0.15) is 0 Å². The van der Waals surface area contributed by atoms with Crippen molar-refractivity contribution >= 4 is 0 Å². The zero-order chi connectivity index (χ0) is 14.5. The van der Waals surface area contributed by atoms with Gasteiger partial charge in [-0.3, -0.25) is 4.90 Å². The molecule has 2 rings (SSSR count). The van der Waals surface area contributed by atoms with Crippen molar-refractivity contribution < 1.29 is 0 Å². The molecule has 0 amide bonds. The van der Waals surface area contributed by atoms with Gasteiger partial charge in [-0.15, -0.1) is 0 Å². The molecule has 1 aliphatic heterocycles. The fourth-order valence-corrected chi connectivity index (χ4v) is 3.92. The van der Waals surface area contributed by atoms with Crippen LogP contribution < -0.4 is 5.32 Å². The van der Waals surface area contributed by atoms with Gasteiger partial charge in [0.05, 0.1) is 0 Å². The Kier molecular flexibility index (Phi) is 6.35. The van der Waals surface area contributed by atoms with Crippen LogP contribution in [-0.2, 0) is 0 Å². The Morgan fingerprint density at radius 3 is 2.40 bits per heavy atom. The third kappa shape index (κ3) is 4.21. The predicted octanol–water partition coefficient (Wildman–Crippen LogP) is 4.05. The van der Waals surface area contributed by atoms with Crippen LogP contribution in [0.5, 0.6) is 0 Å². The maximum absolute atomic E-state index is 3.85. The van der Waals surface area contributed by atoms with E-state index in [0.29, 0.717) is 0 Å². The number of nitrogens with one attached hydrogen (secondary N) is 1. The van der Waals surface area contributed by atoms with E-state index in [2.05, 4.69) is 37.9 Å². The van der Waals surface area contributed by atoms with Gasteiger partial charge in [-0.05, 0) is 37.5 Å². The van der Waals surface area contributed by atoms with E-state index in [1.807, 2.05) is 0 Å². The lowest BCUT2D eigenvalue weighted by molar-refractivity contribution is 0.0421. The van der Waals surface area contributed by atoms with E-state index in [1.165, 1.54) is 58.0 Å². The first-order valence-corrected chi connectivity index (χ1v) is 9.16. The van der Waals surface area contributed by atoms with Crippen LogP contribution in [0.15, 0.2) is 0 Å². The first-order valence-electron chi connectivity index (χ1n) is 9.16. The van der Waals surface area contributed by atoms with Crippen LogP contribution in [0, 0.1) is 11.8 Å². The summed E-state index contributed by atoms with van der Waals surface area (Å²) in [6.45, 7) is 12.0. The molecular weight excluding hydrogens is 244 g/mol. The Morgan fingerprint density at radius 2 is 1.85 bits per heavy atom. The number of hydrogen-bond donors (Lipinski definition) is 1. The van der Waals surface area contributed by atoms with E-state index >= 15 is 0 Å². The van der Waals surface area contributed by atoms with Crippen molar-refractivity contribution in [2.24, 2.45) is 11.8 Å². The number of nitrogens with zero attached hydrogens (tertiary/aromatic N) is 1. The second-order valence-electron chi connectivity index (χ2n) is 7.45. The lowest BCUT2D eigenvalue weighted by atomic mass is 9.92. The predicted molar refractivity (Wildman–Crippen MR) is 88.1 cm³/mol. The van der Waals surface area contributed by atoms with Gasteiger partial charge in [0.2, 0.25) is 0 Å². The molecule has 1 saturated carbocycles. The third-order valence-electron chi connectivity index (χ3n) is 5.37. The summed E-state index contributed by atoms with van der Waals surface area (Å²) >= 11 is 0. The maximum atomic E-state index is 3.85. The van der Waals surface area contributed by atoms with Crippen molar-refractivity contribution in [2.45, 2.75) is 90.8 Å². The highest BCUT2D eigenvalue weighted by Gasteiger charge is 2.39. The van der Waals surface area contributed by atoms with E-state index in [-0.39, 0.29) is 0 Å². The minimum atomic E-state index is 0.749. The molecule has 20 heavy (non-hydrogen) atoms. The first kappa shape index (κ1) is 16.3. The smallest absolute Gasteiger partial charge is 0.0247 e. The highest BCUT2D eigenvalue weighted by molar-refractivity contribution is 4.97. The SMILES string of the molecule is CCCCC(CCC)N1CC(C2CC2)NCC1C(C)C. The Bertz CT molecular complexity index is 273. The van der Waals surface area contributed by atoms with Crippen LogP contribution >= 0.6 is 0 Å². The van der Waals surface area contributed by atoms with Crippen LogP contribution in [0.3, 0.4) is 0 Å². The van der Waals surface area contributed by atoms with Crippen LogP contribution in [0.25, 0.3) is 0 Å². The van der Waals surface area contributed by atoms with E-state index < -0.39 is 0 Å². The van der Waals surface area contributed by atoms with Gasteiger partial charge in [0, 0.05) is 31.2 Å². The molecule has 3 unspecified atom stereocenters. The monoisotopic (exact) mass is 280 g/mol. The lowest BCUT2D eigenvalue weighted by Crippen LogP contribution is -2.61. The molecule has 0 bridgehead atoms. The van der Waals surface area contributed by atoms with Gasteiger partial charge in [0.25, 0.3) is 0 Å². The summed E-state index contributed by atoms with van der Waals surface area (Å²) in [6.07, 6.45) is 9.79. The number of rotatable bonds is 8. The Labute approximate surface area is 126 Å². The molecule has 1 saturated heterocycles. The van der Waals surface area contributed by atoms with Crippen molar-refractivity contribution in [3.63, 3.8) is 0 Å². The normalized spacial score (nSPS) is 29.9. The van der Waals surface area contributed by atoms with Crippen molar-refractivity contribution in [2.75, 3.05) is 13.1 Å². The van der Waals surface area contributed by atoms with Gasteiger partial charge >= 0.3 is 0 Å². The topological polar surface area (TPSA) is 15.3 Å². The number of unbranched alkanes of at least 4 members (excludes halogenated alkanes) is 1. The van der Waals surface area contributed by atoms with E-state index in [4.69, 9.17) is 0 Å². The molecule has 1 N–H and O–H groups in total. The zero-order valence-corrected chi connectivity index (χ0v) is 14.2. The van der Waals surface area contributed by atoms with Gasteiger partial charge in [-0.2, -0.15) is 0 Å². The molecular formula is C18H36N2. The molecule has 2 fully saturated rings. The van der Waals surface area contributed by atoms with Gasteiger partial charge < -0.3 is 5.32 Å². The summed E-state index contributed by atoms with van der Waals surface area (Å²) in [7, 11) is 0. The summed E-state index contributed by atoms with van der Waals surface area (Å²) in [5, 5.41) is 3.85. The van der Waals surface area contributed by atoms with Gasteiger partial charge in [0.15, 0.2) is 0 Å². The lowest BCUT2D eigenvalue weighted by Gasteiger charge is -2.47. The third-order valence-corrected chi connectivity index (χ3v) is 5.37. The van der Waals surface area contributed by atoms with Crippen molar-refractivity contribution in [3.8, 4) is 0 Å². The molecule has 0 spiro atoms. The molecule has 2 nitrogen and oxygen atoms in total. The molecule has 118 valence electrons. The summed E-state index contributed by atoms with van der Waals surface area (Å²) in [6, 6.07) is 2.36. The maximum Gasteiger partial charge on any atom is 0.0247 e. The number of piperazine rings is 1. The Hall–Kier alpha value is -0.0800. The molecule has 2 aliphatic rings. The summed E-state index contributed by atoms with van der Waals surface area (Å²) in [4.78, 5) is 2.91. The minimum Gasteiger partial charge on any atom is -0.311 e. The van der Waals surface area contributed by atoms with Gasteiger partial charge in [-0.1, -0.05) is 47.0 Å². The molecule has 2 heteroatoms. The van der Waals surface area contributed by atoms with E-state index in [1.54, 1.807) is 0 Å². The minimum absolute atomic E-state index is 0.749. The molecule has 0 aromatic carbocycles. The molecule has 1 heterocycles. The number of hydrogen-bond acceptors (Lipinski definition) is 2. The van der Waals surface area contributed by atoms with Crippen molar-refractivity contribution in [3.05, 3.63) is 0 Å². The standard InChI is InChI=1S/C18H36N2/c1-5-7-9-16(8-6-2)20-13-17(15-10-11-15)19-12-18(20)14(3)4/h14-19H,5-13H2,1-4H3. The average molecular weight is 280 g/mol. The van der Waals surface area contributed by atoms with Crippen molar-refractivity contribution in [1.82, 2.24) is 10.2 Å². The van der Waals surface area contributed by atoms with Crippen LogP contribution in [0.1, 0.15) is 72.6 Å². The molecule has 0 radical (unpaired) electrons. The van der Waals surface area contributed by atoms with Crippen molar-refractivity contribution in [1.29, 1.82) is 0 Å². The average Bonchev–Trinajstić information content (AvgIpc) is 3.27. The second kappa shape index (κ2) is 7.79.